The van der Waals surface area contributed by atoms with Crippen molar-refractivity contribution in [1.82, 2.24) is 4.90 Å². The van der Waals surface area contributed by atoms with Crippen molar-refractivity contribution in [2.75, 3.05) is 13.1 Å². The molecule has 112 valence electrons. The van der Waals surface area contributed by atoms with Gasteiger partial charge in [0.1, 0.15) is 0 Å². The molecule has 0 aromatic heterocycles. The lowest BCUT2D eigenvalue weighted by atomic mass is 9.80. The van der Waals surface area contributed by atoms with E-state index in [-0.39, 0.29) is 0 Å². The van der Waals surface area contributed by atoms with Crippen LogP contribution in [-0.2, 0) is 0 Å². The Bertz CT molecular complexity index is 300. The van der Waals surface area contributed by atoms with Crippen LogP contribution in [0.25, 0.3) is 0 Å². The maximum atomic E-state index is 6.29. The van der Waals surface area contributed by atoms with Gasteiger partial charge in [-0.2, -0.15) is 0 Å². The zero-order valence-electron chi connectivity index (χ0n) is 13.5. The lowest BCUT2D eigenvalue weighted by molar-refractivity contribution is -0.00641. The van der Waals surface area contributed by atoms with Gasteiger partial charge in [-0.25, -0.2) is 0 Å². The van der Waals surface area contributed by atoms with Gasteiger partial charge in [-0.3, -0.25) is 4.90 Å². The summed E-state index contributed by atoms with van der Waals surface area (Å²) < 4.78 is 0. The average molecular weight is 266 g/mol. The summed E-state index contributed by atoms with van der Waals surface area (Å²) in [5, 5.41) is 0. The molecule has 0 aromatic carbocycles. The van der Waals surface area contributed by atoms with E-state index in [2.05, 4.69) is 32.6 Å². The first-order valence-electron chi connectivity index (χ1n) is 8.37. The van der Waals surface area contributed by atoms with Crippen LogP contribution >= 0.6 is 0 Å². The number of nitrogens with zero attached hydrogens (tertiary/aromatic N) is 1. The second kappa shape index (κ2) is 5.73. The van der Waals surface area contributed by atoms with E-state index < -0.39 is 0 Å². The highest BCUT2D eigenvalue weighted by molar-refractivity contribution is 4.99. The minimum Gasteiger partial charge on any atom is -0.329 e. The van der Waals surface area contributed by atoms with E-state index in [1.54, 1.807) is 0 Å². The topological polar surface area (TPSA) is 29.3 Å². The summed E-state index contributed by atoms with van der Waals surface area (Å²) in [7, 11) is 0. The smallest absolute Gasteiger partial charge is 0.0334 e. The molecule has 3 atom stereocenters. The van der Waals surface area contributed by atoms with Crippen molar-refractivity contribution in [1.29, 1.82) is 0 Å². The molecule has 2 nitrogen and oxygen atoms in total. The summed E-state index contributed by atoms with van der Waals surface area (Å²) in [5.41, 5.74) is 7.10. The molecule has 0 amide bonds. The fourth-order valence-electron chi connectivity index (χ4n) is 4.33. The lowest BCUT2D eigenvalue weighted by Crippen LogP contribution is -2.60. The van der Waals surface area contributed by atoms with Gasteiger partial charge in [0.05, 0.1) is 0 Å². The van der Waals surface area contributed by atoms with Crippen LogP contribution in [0.3, 0.4) is 0 Å². The minimum absolute atomic E-state index is 0.294. The fraction of sp³-hybridized carbons (Fsp3) is 1.00. The number of hydrogen-bond acceptors (Lipinski definition) is 2. The van der Waals surface area contributed by atoms with E-state index in [0.717, 1.165) is 12.5 Å². The second-order valence-corrected chi connectivity index (χ2v) is 8.00. The number of rotatable bonds is 2. The molecule has 0 spiro atoms. The van der Waals surface area contributed by atoms with Crippen LogP contribution in [0.2, 0.25) is 0 Å². The lowest BCUT2D eigenvalue weighted by Gasteiger charge is -2.51. The number of likely N-dealkylation sites (tertiary alicyclic amines) is 1. The molecule has 1 saturated carbocycles. The molecule has 2 fully saturated rings. The standard InChI is InChI=1S/C17H34N2/c1-14-7-5-12-19(15(14)2)17(13-18)9-6-8-16(3,4)10-11-17/h14-15H,5-13,18H2,1-4H3. The van der Waals surface area contributed by atoms with Crippen molar-refractivity contribution in [2.24, 2.45) is 17.1 Å². The molecule has 0 aromatic rings. The highest BCUT2D eigenvalue weighted by atomic mass is 15.2. The van der Waals surface area contributed by atoms with Gasteiger partial charge < -0.3 is 5.73 Å². The molecular weight excluding hydrogens is 232 g/mol. The first-order valence-corrected chi connectivity index (χ1v) is 8.37. The normalized spacial score (nSPS) is 40.9. The predicted molar refractivity (Wildman–Crippen MR) is 83.2 cm³/mol. The Morgan fingerprint density at radius 3 is 2.47 bits per heavy atom. The molecule has 19 heavy (non-hydrogen) atoms. The van der Waals surface area contributed by atoms with Gasteiger partial charge in [0.15, 0.2) is 0 Å². The van der Waals surface area contributed by atoms with Crippen molar-refractivity contribution in [3.63, 3.8) is 0 Å². The van der Waals surface area contributed by atoms with Gasteiger partial charge in [0.2, 0.25) is 0 Å². The molecule has 0 radical (unpaired) electrons. The molecule has 0 bridgehead atoms. The van der Waals surface area contributed by atoms with E-state index in [1.807, 2.05) is 0 Å². The molecule has 1 saturated heterocycles. The Kier molecular flexibility index (Phi) is 4.62. The summed E-state index contributed by atoms with van der Waals surface area (Å²) in [5.74, 6) is 0.827. The first kappa shape index (κ1) is 15.3. The third-order valence-corrected chi connectivity index (χ3v) is 6.13. The summed E-state index contributed by atoms with van der Waals surface area (Å²) in [4.78, 5) is 2.79. The van der Waals surface area contributed by atoms with E-state index >= 15 is 0 Å². The maximum absolute atomic E-state index is 6.29. The van der Waals surface area contributed by atoms with Crippen molar-refractivity contribution in [3.05, 3.63) is 0 Å². The van der Waals surface area contributed by atoms with Crippen LogP contribution in [0, 0.1) is 11.3 Å². The monoisotopic (exact) mass is 266 g/mol. The Hall–Kier alpha value is -0.0800. The van der Waals surface area contributed by atoms with Crippen molar-refractivity contribution in [3.8, 4) is 0 Å². The Labute approximate surface area is 120 Å². The van der Waals surface area contributed by atoms with Crippen LogP contribution < -0.4 is 5.73 Å². The quantitative estimate of drug-likeness (QED) is 0.770. The first-order chi connectivity index (χ1) is 8.90. The largest absolute Gasteiger partial charge is 0.329 e. The molecule has 1 aliphatic heterocycles. The zero-order valence-corrected chi connectivity index (χ0v) is 13.5. The Morgan fingerprint density at radius 2 is 1.79 bits per heavy atom. The third kappa shape index (κ3) is 3.16. The Balaban J connectivity index is 2.17. The van der Waals surface area contributed by atoms with Gasteiger partial charge in [-0.05, 0) is 63.3 Å². The molecular formula is C17H34N2. The van der Waals surface area contributed by atoms with Crippen LogP contribution in [0.1, 0.15) is 72.6 Å². The van der Waals surface area contributed by atoms with Gasteiger partial charge in [-0.15, -0.1) is 0 Å². The maximum Gasteiger partial charge on any atom is 0.0334 e. The van der Waals surface area contributed by atoms with Crippen molar-refractivity contribution >= 4 is 0 Å². The highest BCUT2D eigenvalue weighted by Gasteiger charge is 2.43. The zero-order chi connectivity index (χ0) is 14.1. The SMILES string of the molecule is CC1CCCN(C2(CN)CCCC(C)(C)CC2)C1C. The summed E-state index contributed by atoms with van der Waals surface area (Å²) in [6.07, 6.45) is 9.41. The van der Waals surface area contributed by atoms with Gasteiger partial charge in [0.25, 0.3) is 0 Å². The van der Waals surface area contributed by atoms with Gasteiger partial charge in [-0.1, -0.05) is 27.2 Å². The number of hydrogen-bond donors (Lipinski definition) is 1. The van der Waals surface area contributed by atoms with Gasteiger partial charge in [0, 0.05) is 18.1 Å². The number of piperidine rings is 1. The van der Waals surface area contributed by atoms with E-state index in [4.69, 9.17) is 5.73 Å². The minimum atomic E-state index is 0.294. The molecule has 1 aliphatic carbocycles. The number of nitrogens with two attached hydrogens (primary N) is 1. The molecule has 2 aliphatic rings. The fourth-order valence-corrected chi connectivity index (χ4v) is 4.33. The van der Waals surface area contributed by atoms with Crippen LogP contribution in [-0.4, -0.2) is 29.6 Å². The van der Waals surface area contributed by atoms with E-state index in [1.165, 1.54) is 51.5 Å². The van der Waals surface area contributed by atoms with Crippen LogP contribution in [0.5, 0.6) is 0 Å². The molecule has 2 rings (SSSR count). The van der Waals surface area contributed by atoms with Gasteiger partial charge >= 0.3 is 0 Å². The van der Waals surface area contributed by atoms with Crippen molar-refractivity contribution in [2.45, 2.75) is 84.2 Å². The molecule has 2 N–H and O–H groups in total. The predicted octanol–water partition coefficient (Wildman–Crippen LogP) is 3.79. The van der Waals surface area contributed by atoms with E-state index in [0.29, 0.717) is 17.0 Å². The molecule has 2 heteroatoms. The third-order valence-electron chi connectivity index (χ3n) is 6.13. The molecule has 1 heterocycles. The summed E-state index contributed by atoms with van der Waals surface area (Å²) in [6.45, 7) is 11.8. The highest BCUT2D eigenvalue weighted by Crippen LogP contribution is 2.42. The average Bonchev–Trinajstić information content (AvgIpc) is 2.52. The van der Waals surface area contributed by atoms with Crippen LogP contribution in [0.15, 0.2) is 0 Å². The van der Waals surface area contributed by atoms with Crippen molar-refractivity contribution < 1.29 is 0 Å². The molecule has 3 unspecified atom stereocenters. The second-order valence-electron chi connectivity index (χ2n) is 8.00. The summed E-state index contributed by atoms with van der Waals surface area (Å²) >= 11 is 0. The Morgan fingerprint density at radius 1 is 1.05 bits per heavy atom. The van der Waals surface area contributed by atoms with E-state index in [9.17, 15) is 0 Å². The van der Waals surface area contributed by atoms with Crippen LogP contribution in [0.4, 0.5) is 0 Å². The summed E-state index contributed by atoms with van der Waals surface area (Å²) in [6, 6.07) is 0.707.